The van der Waals surface area contributed by atoms with Crippen molar-refractivity contribution in [3.8, 4) is 0 Å². The van der Waals surface area contributed by atoms with E-state index in [-0.39, 0.29) is 0 Å². The van der Waals surface area contributed by atoms with E-state index < -0.39 is 0 Å². The van der Waals surface area contributed by atoms with Gasteiger partial charge >= 0.3 is 0 Å². The molecule has 0 atom stereocenters. The molecule has 48 valence electrons. The first-order valence-corrected chi connectivity index (χ1v) is 3.21. The van der Waals surface area contributed by atoms with Crippen LogP contribution in [0.5, 0.6) is 0 Å². The third kappa shape index (κ3) is 1.84. The fourth-order valence-corrected chi connectivity index (χ4v) is 0.921. The fourth-order valence-electron chi connectivity index (χ4n) is 0.921. The minimum Gasteiger partial charge on any atom is -0.303 e. The molecular weight excluding hydrogens is 112 g/mol. The lowest BCUT2D eigenvalue weighted by atomic mass is 10.1. The Hall–Kier alpha value is -0.850. The summed E-state index contributed by atoms with van der Waals surface area (Å²) in [7, 11) is 0. The molecule has 1 nitrogen and oxygen atoms in total. The van der Waals surface area contributed by atoms with E-state index in [0.29, 0.717) is 6.42 Å². The molecule has 9 heavy (non-hydrogen) atoms. The van der Waals surface area contributed by atoms with Crippen LogP contribution in [0.4, 0.5) is 0 Å². The highest BCUT2D eigenvalue weighted by molar-refractivity contribution is 5.50. The third-order valence-corrected chi connectivity index (χ3v) is 1.43. The van der Waals surface area contributed by atoms with Gasteiger partial charge in [-0.25, -0.2) is 0 Å². The van der Waals surface area contributed by atoms with Gasteiger partial charge in [-0.15, -0.1) is 0 Å². The fraction of sp³-hybridized carbons (Fsp3) is 0.375. The van der Waals surface area contributed by atoms with Gasteiger partial charge in [0.15, 0.2) is 0 Å². The van der Waals surface area contributed by atoms with Gasteiger partial charge < -0.3 is 4.79 Å². The Labute approximate surface area is 55.1 Å². The van der Waals surface area contributed by atoms with Gasteiger partial charge in [0.1, 0.15) is 6.29 Å². The predicted molar refractivity (Wildman–Crippen MR) is 37.1 cm³/mol. The van der Waals surface area contributed by atoms with E-state index in [2.05, 4.69) is 12.2 Å². The summed E-state index contributed by atoms with van der Waals surface area (Å²) < 4.78 is 0. The highest BCUT2D eigenvalue weighted by Crippen LogP contribution is 2.14. The molecule has 0 amide bonds. The molecule has 0 bridgehead atoms. The second-order valence-electron chi connectivity index (χ2n) is 2.16. The lowest BCUT2D eigenvalue weighted by molar-refractivity contribution is -0.107. The molecular formula is C8H10O. The molecule has 0 unspecified atom stereocenters. The van der Waals surface area contributed by atoms with Crippen LogP contribution in [-0.2, 0) is 4.79 Å². The zero-order valence-corrected chi connectivity index (χ0v) is 5.34. The van der Waals surface area contributed by atoms with E-state index in [0.717, 1.165) is 19.1 Å². The average Bonchev–Trinajstić information content (AvgIpc) is 2.34. The summed E-state index contributed by atoms with van der Waals surface area (Å²) in [5.41, 5.74) is 1.38. The van der Waals surface area contributed by atoms with Gasteiger partial charge in [-0.2, -0.15) is 0 Å². The Morgan fingerprint density at radius 1 is 1.67 bits per heavy atom. The number of rotatable bonds is 3. The number of allylic oxidation sites excluding steroid dienone is 4. The summed E-state index contributed by atoms with van der Waals surface area (Å²) in [5, 5.41) is 0. The maximum Gasteiger partial charge on any atom is 0.120 e. The number of aldehydes is 1. The molecule has 1 aliphatic carbocycles. The van der Waals surface area contributed by atoms with Crippen LogP contribution in [0.2, 0.25) is 0 Å². The van der Waals surface area contributed by atoms with Crippen molar-refractivity contribution in [2.75, 3.05) is 0 Å². The number of carbonyl (C=O) groups excluding carboxylic acids is 1. The normalized spacial score (nSPS) is 15.8. The van der Waals surface area contributed by atoms with Gasteiger partial charge in [0.25, 0.3) is 0 Å². The van der Waals surface area contributed by atoms with E-state index in [9.17, 15) is 4.79 Å². The molecule has 1 rings (SSSR count). The van der Waals surface area contributed by atoms with Crippen LogP contribution in [0.15, 0.2) is 23.8 Å². The lowest BCUT2D eigenvalue weighted by Crippen LogP contribution is -1.79. The molecule has 0 heterocycles. The predicted octanol–water partition coefficient (Wildman–Crippen LogP) is 1.85. The van der Waals surface area contributed by atoms with E-state index in [4.69, 9.17) is 0 Å². The van der Waals surface area contributed by atoms with Crippen LogP contribution in [0, 0.1) is 0 Å². The van der Waals surface area contributed by atoms with Crippen LogP contribution < -0.4 is 0 Å². The van der Waals surface area contributed by atoms with E-state index in [1.165, 1.54) is 5.57 Å². The van der Waals surface area contributed by atoms with E-state index in [1.54, 1.807) is 0 Å². The number of hydrogen-bond donors (Lipinski definition) is 0. The summed E-state index contributed by atoms with van der Waals surface area (Å²) in [6.07, 6.45) is 9.88. The molecule has 0 aromatic rings. The van der Waals surface area contributed by atoms with Crippen LogP contribution in [0.1, 0.15) is 19.3 Å². The Morgan fingerprint density at radius 3 is 3.11 bits per heavy atom. The van der Waals surface area contributed by atoms with Crippen LogP contribution >= 0.6 is 0 Å². The van der Waals surface area contributed by atoms with Gasteiger partial charge in [0, 0.05) is 6.42 Å². The first kappa shape index (κ1) is 6.27. The van der Waals surface area contributed by atoms with Crippen molar-refractivity contribution < 1.29 is 4.79 Å². The molecule has 0 aliphatic heterocycles. The minimum absolute atomic E-state index is 0.674. The second kappa shape index (κ2) is 3.23. The van der Waals surface area contributed by atoms with Crippen molar-refractivity contribution in [1.82, 2.24) is 0 Å². The van der Waals surface area contributed by atoms with Crippen LogP contribution in [-0.4, -0.2) is 6.29 Å². The highest BCUT2D eigenvalue weighted by Gasteiger charge is 1.96. The molecule has 0 aromatic heterocycles. The quantitative estimate of drug-likeness (QED) is 0.522. The van der Waals surface area contributed by atoms with Crippen molar-refractivity contribution in [3.63, 3.8) is 0 Å². The van der Waals surface area contributed by atoms with Crippen molar-refractivity contribution in [2.24, 2.45) is 0 Å². The zero-order chi connectivity index (χ0) is 6.53. The largest absolute Gasteiger partial charge is 0.303 e. The Kier molecular flexibility index (Phi) is 2.25. The zero-order valence-electron chi connectivity index (χ0n) is 5.34. The summed E-state index contributed by atoms with van der Waals surface area (Å²) in [6.45, 7) is 0. The maximum atomic E-state index is 9.91. The molecule has 0 spiro atoms. The SMILES string of the molecule is O=CCCC1=CC=CC1. The van der Waals surface area contributed by atoms with Crippen molar-refractivity contribution in [3.05, 3.63) is 23.8 Å². The Balaban J connectivity index is 2.21. The lowest BCUT2D eigenvalue weighted by Gasteiger charge is -1.93. The van der Waals surface area contributed by atoms with Crippen molar-refractivity contribution in [1.29, 1.82) is 0 Å². The summed E-state index contributed by atoms with van der Waals surface area (Å²) in [5.74, 6) is 0. The summed E-state index contributed by atoms with van der Waals surface area (Å²) >= 11 is 0. The number of hydrogen-bond acceptors (Lipinski definition) is 1. The molecule has 1 heteroatoms. The molecule has 0 fully saturated rings. The standard InChI is InChI=1S/C8H10O/c9-7-3-6-8-4-1-2-5-8/h1-2,4,7H,3,5-6H2. The molecule has 1 aliphatic rings. The van der Waals surface area contributed by atoms with E-state index >= 15 is 0 Å². The molecule has 0 saturated carbocycles. The average molecular weight is 122 g/mol. The van der Waals surface area contributed by atoms with E-state index in [1.807, 2.05) is 6.08 Å². The minimum atomic E-state index is 0.674. The topological polar surface area (TPSA) is 17.1 Å². The van der Waals surface area contributed by atoms with Crippen LogP contribution in [0.25, 0.3) is 0 Å². The number of carbonyl (C=O) groups is 1. The van der Waals surface area contributed by atoms with Gasteiger partial charge in [0.2, 0.25) is 0 Å². The van der Waals surface area contributed by atoms with Gasteiger partial charge in [-0.3, -0.25) is 0 Å². The Morgan fingerprint density at radius 2 is 2.56 bits per heavy atom. The summed E-state index contributed by atoms with van der Waals surface area (Å²) in [4.78, 5) is 9.91. The highest BCUT2D eigenvalue weighted by atomic mass is 16.1. The van der Waals surface area contributed by atoms with Gasteiger partial charge in [-0.05, 0) is 12.8 Å². The molecule has 0 N–H and O–H groups in total. The van der Waals surface area contributed by atoms with Crippen LogP contribution in [0.3, 0.4) is 0 Å². The smallest absolute Gasteiger partial charge is 0.120 e. The second-order valence-corrected chi connectivity index (χ2v) is 2.16. The first-order chi connectivity index (χ1) is 4.43. The first-order valence-electron chi connectivity index (χ1n) is 3.21. The Bertz CT molecular complexity index is 154. The molecule has 0 saturated heterocycles. The van der Waals surface area contributed by atoms with Crippen molar-refractivity contribution >= 4 is 6.29 Å². The summed E-state index contributed by atoms with van der Waals surface area (Å²) in [6, 6.07) is 0. The monoisotopic (exact) mass is 122 g/mol. The maximum absolute atomic E-state index is 9.91. The molecule has 0 radical (unpaired) electrons. The van der Waals surface area contributed by atoms with Gasteiger partial charge in [0.05, 0.1) is 0 Å². The molecule has 0 aromatic carbocycles. The van der Waals surface area contributed by atoms with Gasteiger partial charge in [-0.1, -0.05) is 23.8 Å². The van der Waals surface area contributed by atoms with Crippen molar-refractivity contribution in [2.45, 2.75) is 19.3 Å². The third-order valence-electron chi connectivity index (χ3n) is 1.43.